The number of carbonyl (C=O) groups excluding carboxylic acids is 1. The van der Waals surface area contributed by atoms with Crippen LogP contribution in [0.2, 0.25) is 0 Å². The van der Waals surface area contributed by atoms with E-state index in [0.29, 0.717) is 5.82 Å². The minimum Gasteiger partial charge on any atom is -0.315 e. The van der Waals surface area contributed by atoms with E-state index in [0.717, 1.165) is 0 Å². The Morgan fingerprint density at radius 3 is 3.00 bits per heavy atom. The molecule has 1 amide bonds. The molecule has 5 nitrogen and oxygen atoms in total. The van der Waals surface area contributed by atoms with Crippen LogP contribution in [0.5, 0.6) is 0 Å². The van der Waals surface area contributed by atoms with Crippen LogP contribution in [-0.4, -0.2) is 21.9 Å². The number of anilines is 1. The number of nitrogens with one attached hydrogen (secondary N) is 1. The molecule has 0 saturated carbocycles. The van der Waals surface area contributed by atoms with E-state index in [4.69, 9.17) is 11.6 Å². The molecular weight excluding hydrogens is 170 g/mol. The third-order valence-corrected chi connectivity index (χ3v) is 1.14. The predicted octanol–water partition coefficient (Wildman–Crippen LogP) is 0.555. The lowest BCUT2D eigenvalue weighted by Gasteiger charge is -1.91. The molecule has 1 N–H and O–H groups in total. The van der Waals surface area contributed by atoms with Crippen molar-refractivity contribution in [2.45, 2.75) is 6.92 Å². The van der Waals surface area contributed by atoms with Gasteiger partial charge in [-0.2, -0.15) is 4.98 Å². The monoisotopic (exact) mass is 175 g/mol. The van der Waals surface area contributed by atoms with Gasteiger partial charge in [-0.25, -0.2) is 0 Å². The number of carbonyl (C=O) groups is 1. The van der Waals surface area contributed by atoms with Gasteiger partial charge in [0.25, 0.3) is 0 Å². The Morgan fingerprint density at radius 1 is 1.82 bits per heavy atom. The van der Waals surface area contributed by atoms with Crippen molar-refractivity contribution >= 4 is 23.5 Å². The number of aromatic nitrogens is 2. The van der Waals surface area contributed by atoms with Gasteiger partial charge in [0, 0.05) is 0 Å². The average molecular weight is 176 g/mol. The summed E-state index contributed by atoms with van der Waals surface area (Å²) in [5.74, 6) is -0.0216. The van der Waals surface area contributed by atoms with Crippen molar-refractivity contribution in [1.82, 2.24) is 10.1 Å². The van der Waals surface area contributed by atoms with Gasteiger partial charge < -0.3 is 4.52 Å². The van der Waals surface area contributed by atoms with Crippen LogP contribution in [0.25, 0.3) is 0 Å². The zero-order valence-corrected chi connectivity index (χ0v) is 6.55. The minimum atomic E-state index is -0.365. The van der Waals surface area contributed by atoms with E-state index in [-0.39, 0.29) is 17.8 Å². The van der Waals surface area contributed by atoms with Gasteiger partial charge in [0.1, 0.15) is 5.88 Å². The Labute approximate surface area is 67.7 Å². The van der Waals surface area contributed by atoms with Crippen LogP contribution in [-0.2, 0) is 4.79 Å². The fourth-order valence-corrected chi connectivity index (χ4v) is 0.567. The Kier molecular flexibility index (Phi) is 2.43. The molecule has 1 aromatic rings. The SMILES string of the molecule is Cc1noc(NC(=O)CCl)n1. The highest BCUT2D eigenvalue weighted by Gasteiger charge is 2.05. The first-order valence-corrected chi connectivity index (χ1v) is 3.42. The Balaban J connectivity index is 2.57. The zero-order chi connectivity index (χ0) is 8.27. The maximum absolute atomic E-state index is 10.6. The summed E-state index contributed by atoms with van der Waals surface area (Å²) in [6.45, 7) is 1.65. The highest BCUT2D eigenvalue weighted by molar-refractivity contribution is 6.28. The average Bonchev–Trinajstić information content (AvgIpc) is 2.35. The second-order valence-corrected chi connectivity index (χ2v) is 2.10. The predicted molar refractivity (Wildman–Crippen MR) is 38.4 cm³/mol. The first-order chi connectivity index (χ1) is 5.22. The number of alkyl halides is 1. The van der Waals surface area contributed by atoms with Gasteiger partial charge in [0.2, 0.25) is 5.91 Å². The smallest absolute Gasteiger partial charge is 0.315 e. The van der Waals surface area contributed by atoms with Crippen LogP contribution >= 0.6 is 11.6 Å². The summed E-state index contributed by atoms with van der Waals surface area (Å²) >= 11 is 5.21. The first kappa shape index (κ1) is 8.00. The molecular formula is C5H6ClN3O2. The summed E-state index contributed by atoms with van der Waals surface area (Å²) in [6.07, 6.45) is 0. The molecule has 0 radical (unpaired) electrons. The van der Waals surface area contributed by atoms with Crippen LogP contribution in [0.4, 0.5) is 6.01 Å². The lowest BCUT2D eigenvalue weighted by molar-refractivity contribution is -0.114. The Hall–Kier alpha value is -1.10. The summed E-state index contributed by atoms with van der Waals surface area (Å²) in [5.41, 5.74) is 0. The van der Waals surface area contributed by atoms with Crippen LogP contribution in [0.15, 0.2) is 4.52 Å². The fourth-order valence-electron chi connectivity index (χ4n) is 0.501. The number of hydrogen-bond acceptors (Lipinski definition) is 4. The zero-order valence-electron chi connectivity index (χ0n) is 5.80. The summed E-state index contributed by atoms with van der Waals surface area (Å²) in [6, 6.07) is 0.0770. The fraction of sp³-hybridized carbons (Fsp3) is 0.400. The Bertz CT molecular complexity index is 260. The van der Waals surface area contributed by atoms with Gasteiger partial charge in [-0.1, -0.05) is 5.16 Å². The van der Waals surface area contributed by atoms with E-state index >= 15 is 0 Å². The van der Waals surface area contributed by atoms with Gasteiger partial charge in [0.05, 0.1) is 0 Å². The molecule has 1 heterocycles. The first-order valence-electron chi connectivity index (χ1n) is 2.88. The van der Waals surface area contributed by atoms with Crippen LogP contribution in [0.3, 0.4) is 0 Å². The lowest BCUT2D eigenvalue weighted by Crippen LogP contribution is -2.12. The molecule has 0 unspecified atom stereocenters. The molecule has 1 aromatic heterocycles. The number of aryl methyl sites for hydroxylation is 1. The second kappa shape index (κ2) is 3.34. The molecule has 0 aliphatic heterocycles. The van der Waals surface area contributed by atoms with Crippen molar-refractivity contribution in [3.8, 4) is 0 Å². The number of rotatable bonds is 2. The molecule has 0 aliphatic carbocycles. The van der Waals surface area contributed by atoms with E-state index in [1.165, 1.54) is 0 Å². The molecule has 60 valence electrons. The van der Waals surface area contributed by atoms with Crippen molar-refractivity contribution < 1.29 is 9.32 Å². The van der Waals surface area contributed by atoms with E-state index < -0.39 is 0 Å². The molecule has 0 aromatic carbocycles. The lowest BCUT2D eigenvalue weighted by atomic mass is 10.7. The third-order valence-electron chi connectivity index (χ3n) is 0.895. The van der Waals surface area contributed by atoms with Gasteiger partial charge >= 0.3 is 6.01 Å². The molecule has 0 aliphatic rings. The quantitative estimate of drug-likeness (QED) is 0.667. The van der Waals surface area contributed by atoms with Crippen LogP contribution < -0.4 is 5.32 Å². The highest BCUT2D eigenvalue weighted by atomic mass is 35.5. The van der Waals surface area contributed by atoms with Crippen LogP contribution in [0, 0.1) is 6.92 Å². The van der Waals surface area contributed by atoms with Gasteiger partial charge in [0.15, 0.2) is 5.82 Å². The van der Waals surface area contributed by atoms with Crippen molar-refractivity contribution in [3.63, 3.8) is 0 Å². The van der Waals surface area contributed by atoms with Crippen molar-refractivity contribution in [2.75, 3.05) is 11.2 Å². The molecule has 0 atom stereocenters. The van der Waals surface area contributed by atoms with E-state index in [1.54, 1.807) is 6.92 Å². The maximum Gasteiger partial charge on any atom is 0.328 e. The van der Waals surface area contributed by atoms with E-state index in [2.05, 4.69) is 20.0 Å². The second-order valence-electron chi connectivity index (χ2n) is 1.83. The summed E-state index contributed by atoms with van der Waals surface area (Å²) in [5, 5.41) is 5.76. The van der Waals surface area contributed by atoms with Crippen molar-refractivity contribution in [1.29, 1.82) is 0 Å². The standard InChI is InChI=1S/C5H6ClN3O2/c1-3-7-5(11-9-3)8-4(10)2-6/h2H2,1H3,(H,7,8,9,10). The molecule has 0 saturated heterocycles. The normalized spacial score (nSPS) is 9.64. The van der Waals surface area contributed by atoms with E-state index in [1.807, 2.05) is 0 Å². The summed E-state index contributed by atoms with van der Waals surface area (Å²) < 4.78 is 4.59. The molecule has 1 rings (SSSR count). The maximum atomic E-state index is 10.6. The number of hydrogen-bond donors (Lipinski definition) is 1. The van der Waals surface area contributed by atoms with Crippen LogP contribution in [0.1, 0.15) is 5.82 Å². The summed E-state index contributed by atoms with van der Waals surface area (Å²) in [7, 11) is 0. The minimum absolute atomic E-state index is 0.0770. The molecule has 0 fully saturated rings. The molecule has 0 spiro atoms. The van der Waals surface area contributed by atoms with Gasteiger partial charge in [-0.15, -0.1) is 11.6 Å². The summed E-state index contributed by atoms with van der Waals surface area (Å²) in [4.78, 5) is 14.3. The third kappa shape index (κ3) is 2.19. The highest BCUT2D eigenvalue weighted by Crippen LogP contribution is 2.01. The topological polar surface area (TPSA) is 68.0 Å². The van der Waals surface area contributed by atoms with E-state index in [9.17, 15) is 4.79 Å². The van der Waals surface area contributed by atoms with Gasteiger partial charge in [-0.05, 0) is 6.92 Å². The van der Waals surface area contributed by atoms with Crippen molar-refractivity contribution in [2.24, 2.45) is 0 Å². The molecule has 0 bridgehead atoms. The molecule has 11 heavy (non-hydrogen) atoms. The largest absolute Gasteiger partial charge is 0.328 e. The number of amides is 1. The Morgan fingerprint density at radius 2 is 2.55 bits per heavy atom. The van der Waals surface area contributed by atoms with Gasteiger partial charge in [-0.3, -0.25) is 10.1 Å². The van der Waals surface area contributed by atoms with Crippen molar-refractivity contribution in [3.05, 3.63) is 5.82 Å². The molecule has 6 heteroatoms. The number of halogens is 1. The number of nitrogens with zero attached hydrogens (tertiary/aromatic N) is 2.